The second-order valence-corrected chi connectivity index (χ2v) is 5.84. The van der Waals surface area contributed by atoms with Crippen LogP contribution < -0.4 is 11.1 Å². The third kappa shape index (κ3) is 5.19. The van der Waals surface area contributed by atoms with Crippen molar-refractivity contribution in [3.8, 4) is 0 Å². The molecule has 1 fully saturated rings. The van der Waals surface area contributed by atoms with E-state index in [-0.39, 0.29) is 23.8 Å². The first-order chi connectivity index (χ1) is 8.93. The summed E-state index contributed by atoms with van der Waals surface area (Å²) in [7, 11) is 1.35. The van der Waals surface area contributed by atoms with E-state index in [0.717, 1.165) is 19.3 Å². The maximum atomic E-state index is 12.2. The summed E-state index contributed by atoms with van der Waals surface area (Å²) in [5.41, 5.74) is 5.89. The average Bonchev–Trinajstić information content (AvgIpc) is 2.36. The van der Waals surface area contributed by atoms with E-state index in [1.54, 1.807) is 0 Å². The highest BCUT2D eigenvalue weighted by atomic mass is 16.5. The van der Waals surface area contributed by atoms with Gasteiger partial charge in [0, 0.05) is 12.0 Å². The van der Waals surface area contributed by atoms with Crippen LogP contribution in [0.25, 0.3) is 0 Å². The highest BCUT2D eigenvalue weighted by Crippen LogP contribution is 2.23. The summed E-state index contributed by atoms with van der Waals surface area (Å²) in [5.74, 6) is -0.186. The van der Waals surface area contributed by atoms with Gasteiger partial charge in [0.2, 0.25) is 5.91 Å². The van der Waals surface area contributed by atoms with E-state index in [0.29, 0.717) is 18.8 Å². The second kappa shape index (κ2) is 7.48. The minimum Gasteiger partial charge on any atom is -0.467 e. The molecule has 0 heterocycles. The van der Waals surface area contributed by atoms with E-state index in [9.17, 15) is 9.59 Å². The number of nitrogens with two attached hydrogens (primary N) is 1. The van der Waals surface area contributed by atoms with Gasteiger partial charge in [0.1, 0.15) is 6.04 Å². The molecule has 1 amide bonds. The molecule has 1 rings (SSSR count). The van der Waals surface area contributed by atoms with Crippen molar-refractivity contribution in [2.24, 2.45) is 17.6 Å². The fraction of sp³-hybridized carbons (Fsp3) is 0.857. The molecule has 0 aromatic carbocycles. The van der Waals surface area contributed by atoms with Gasteiger partial charge in [-0.05, 0) is 31.6 Å². The van der Waals surface area contributed by atoms with Gasteiger partial charge < -0.3 is 15.8 Å². The Morgan fingerprint density at radius 3 is 2.58 bits per heavy atom. The van der Waals surface area contributed by atoms with Crippen molar-refractivity contribution >= 4 is 11.9 Å². The van der Waals surface area contributed by atoms with Crippen LogP contribution in [0.1, 0.15) is 46.0 Å². The zero-order valence-corrected chi connectivity index (χ0v) is 12.1. The van der Waals surface area contributed by atoms with E-state index in [2.05, 4.69) is 5.32 Å². The van der Waals surface area contributed by atoms with Crippen LogP contribution in [-0.2, 0) is 14.3 Å². The Labute approximate surface area is 115 Å². The molecule has 1 aliphatic carbocycles. The zero-order valence-electron chi connectivity index (χ0n) is 12.1. The SMILES string of the molecule is COC(=O)[C@H](CC(C)C)NC(=O)C1CCCC(N)C1. The van der Waals surface area contributed by atoms with E-state index >= 15 is 0 Å². The van der Waals surface area contributed by atoms with Crippen LogP contribution in [0.3, 0.4) is 0 Å². The number of ether oxygens (including phenoxy) is 1. The molecule has 0 bridgehead atoms. The molecule has 0 aromatic rings. The topological polar surface area (TPSA) is 81.4 Å². The van der Waals surface area contributed by atoms with Gasteiger partial charge in [-0.1, -0.05) is 20.3 Å². The normalized spacial score (nSPS) is 24.9. The van der Waals surface area contributed by atoms with Gasteiger partial charge in [-0.15, -0.1) is 0 Å². The fourth-order valence-electron chi connectivity index (χ4n) is 2.58. The van der Waals surface area contributed by atoms with E-state index in [1.807, 2.05) is 13.8 Å². The quantitative estimate of drug-likeness (QED) is 0.736. The standard InChI is InChI=1S/C14H26N2O3/c1-9(2)7-12(14(18)19-3)16-13(17)10-5-4-6-11(15)8-10/h9-12H,4-8,15H2,1-3H3,(H,16,17)/t10?,11?,12-/m0/s1. The number of hydrogen-bond acceptors (Lipinski definition) is 4. The Morgan fingerprint density at radius 2 is 2.05 bits per heavy atom. The molecular formula is C14H26N2O3. The van der Waals surface area contributed by atoms with Crippen LogP contribution in [-0.4, -0.2) is 31.1 Å². The molecule has 0 aromatic heterocycles. The van der Waals surface area contributed by atoms with Crippen molar-refractivity contribution in [2.45, 2.75) is 58.0 Å². The summed E-state index contributed by atoms with van der Waals surface area (Å²) in [5, 5.41) is 2.82. The van der Waals surface area contributed by atoms with Gasteiger partial charge in [0.05, 0.1) is 7.11 Å². The Morgan fingerprint density at radius 1 is 1.37 bits per heavy atom. The first-order valence-corrected chi connectivity index (χ1v) is 7.07. The van der Waals surface area contributed by atoms with Crippen molar-refractivity contribution in [1.29, 1.82) is 0 Å². The monoisotopic (exact) mass is 270 g/mol. The summed E-state index contributed by atoms with van der Waals surface area (Å²) in [6, 6.07) is -0.443. The molecule has 3 atom stereocenters. The van der Waals surface area contributed by atoms with Crippen LogP contribution in [0.4, 0.5) is 0 Å². The van der Waals surface area contributed by atoms with E-state index in [1.165, 1.54) is 7.11 Å². The highest BCUT2D eigenvalue weighted by Gasteiger charge is 2.29. The maximum Gasteiger partial charge on any atom is 0.328 e. The summed E-state index contributed by atoms with van der Waals surface area (Å²) in [4.78, 5) is 23.8. The molecule has 0 aliphatic heterocycles. The van der Waals surface area contributed by atoms with Crippen LogP contribution in [0.15, 0.2) is 0 Å². The van der Waals surface area contributed by atoms with Crippen molar-refractivity contribution in [2.75, 3.05) is 7.11 Å². The number of hydrogen-bond donors (Lipinski definition) is 2. The van der Waals surface area contributed by atoms with Gasteiger partial charge in [-0.25, -0.2) is 4.79 Å². The van der Waals surface area contributed by atoms with Crippen molar-refractivity contribution in [3.05, 3.63) is 0 Å². The van der Waals surface area contributed by atoms with Gasteiger partial charge in [-0.2, -0.15) is 0 Å². The van der Waals surface area contributed by atoms with Gasteiger partial charge in [-0.3, -0.25) is 4.79 Å². The lowest BCUT2D eigenvalue weighted by molar-refractivity contribution is -0.146. The first-order valence-electron chi connectivity index (χ1n) is 7.07. The molecule has 5 heteroatoms. The summed E-state index contributed by atoms with van der Waals surface area (Å²) >= 11 is 0. The van der Waals surface area contributed by atoms with Crippen molar-refractivity contribution in [3.63, 3.8) is 0 Å². The van der Waals surface area contributed by atoms with E-state index < -0.39 is 6.04 Å². The average molecular weight is 270 g/mol. The number of rotatable bonds is 5. The predicted molar refractivity (Wildman–Crippen MR) is 73.3 cm³/mol. The Hall–Kier alpha value is -1.10. The van der Waals surface area contributed by atoms with Crippen LogP contribution in [0.5, 0.6) is 0 Å². The Kier molecular flexibility index (Phi) is 6.28. The lowest BCUT2D eigenvalue weighted by Crippen LogP contribution is -2.46. The molecule has 19 heavy (non-hydrogen) atoms. The zero-order chi connectivity index (χ0) is 14.4. The lowest BCUT2D eigenvalue weighted by Gasteiger charge is -2.27. The molecular weight excluding hydrogens is 244 g/mol. The van der Waals surface area contributed by atoms with E-state index in [4.69, 9.17) is 10.5 Å². The predicted octanol–water partition coefficient (Wildman–Crippen LogP) is 1.21. The summed E-state index contributed by atoms with van der Waals surface area (Å²) < 4.78 is 4.74. The third-order valence-electron chi connectivity index (χ3n) is 3.59. The van der Waals surface area contributed by atoms with Gasteiger partial charge >= 0.3 is 5.97 Å². The maximum absolute atomic E-state index is 12.2. The number of esters is 1. The minimum absolute atomic E-state index is 0.0637. The molecule has 0 spiro atoms. The van der Waals surface area contributed by atoms with Crippen molar-refractivity contribution < 1.29 is 14.3 Å². The highest BCUT2D eigenvalue weighted by molar-refractivity contribution is 5.85. The molecule has 0 radical (unpaired) electrons. The largest absolute Gasteiger partial charge is 0.467 e. The molecule has 110 valence electrons. The minimum atomic E-state index is -0.546. The van der Waals surface area contributed by atoms with Crippen molar-refractivity contribution in [1.82, 2.24) is 5.32 Å². The van der Waals surface area contributed by atoms with Crippen LogP contribution in [0, 0.1) is 11.8 Å². The smallest absolute Gasteiger partial charge is 0.328 e. The lowest BCUT2D eigenvalue weighted by atomic mass is 9.85. The summed E-state index contributed by atoms with van der Waals surface area (Å²) in [6.07, 6.45) is 4.12. The fourth-order valence-corrected chi connectivity index (χ4v) is 2.58. The first kappa shape index (κ1) is 16.0. The van der Waals surface area contributed by atoms with Gasteiger partial charge in [0.25, 0.3) is 0 Å². The molecule has 2 unspecified atom stereocenters. The van der Waals surface area contributed by atoms with Gasteiger partial charge in [0.15, 0.2) is 0 Å². The molecule has 3 N–H and O–H groups in total. The number of carbonyl (C=O) groups excluding carboxylic acids is 2. The molecule has 0 saturated heterocycles. The molecule has 1 aliphatic rings. The Balaban J connectivity index is 2.57. The van der Waals surface area contributed by atoms with Crippen LogP contribution in [0.2, 0.25) is 0 Å². The second-order valence-electron chi connectivity index (χ2n) is 5.84. The third-order valence-corrected chi connectivity index (χ3v) is 3.59. The number of amides is 1. The molecule has 1 saturated carbocycles. The number of methoxy groups -OCH3 is 1. The summed E-state index contributed by atoms with van der Waals surface area (Å²) in [6.45, 7) is 4.03. The number of nitrogens with one attached hydrogen (secondary N) is 1. The number of carbonyl (C=O) groups is 2. The van der Waals surface area contributed by atoms with Crippen LogP contribution >= 0.6 is 0 Å². The Bertz CT molecular complexity index is 318. The molecule has 5 nitrogen and oxygen atoms in total.